The zero-order valence-electron chi connectivity index (χ0n) is 69.5. The summed E-state index contributed by atoms with van der Waals surface area (Å²) < 4.78 is 42.3. The summed E-state index contributed by atoms with van der Waals surface area (Å²) in [7, 11) is 0. The molecule has 2 heteroatoms. The molecule has 18 aromatic carbocycles. The smallest absolute Gasteiger partial charge is 0.0732 e. The molecule has 2 spiro atoms. The highest BCUT2D eigenvalue weighted by Crippen LogP contribution is 2.67. The van der Waals surface area contributed by atoms with Gasteiger partial charge in [0.25, 0.3) is 0 Å². The normalized spacial score (nSPS) is 15.0. The summed E-state index contributed by atoms with van der Waals surface area (Å²) in [6.45, 7) is 11.5. The van der Waals surface area contributed by atoms with E-state index in [2.05, 4.69) is 384 Å². The minimum Gasteiger partial charge on any atom is -0.310 e. The summed E-state index contributed by atoms with van der Waals surface area (Å²) in [5.41, 5.74) is 40.6. The molecule has 6 aliphatic carbocycles. The molecule has 0 fully saturated rings. The van der Waals surface area contributed by atoms with E-state index in [1.54, 1.807) is 0 Å². The summed E-state index contributed by atoms with van der Waals surface area (Å²) in [4.78, 5) is 4.80. The number of rotatable bonds is 8. The summed E-state index contributed by atoms with van der Waals surface area (Å²) in [5, 5.41) is 5.04. The van der Waals surface area contributed by atoms with Gasteiger partial charge in [-0.05, 0) is 257 Å². The molecule has 0 atom stereocenters. The van der Waals surface area contributed by atoms with E-state index < -0.39 is 16.9 Å². The third kappa shape index (κ3) is 9.52. The second-order valence-corrected chi connectivity index (χ2v) is 33.0. The number of anilines is 6. The number of benzene rings is 18. The lowest BCUT2D eigenvalue weighted by atomic mass is 9.69. The number of hydrogen-bond acceptors (Lipinski definition) is 2. The fraction of sp³-hybridized carbons (Fsp3) is 0.0796. The first-order chi connectivity index (χ1) is 58.5. The number of aryl methyl sites for hydroxylation is 1. The van der Waals surface area contributed by atoms with Crippen molar-refractivity contribution in [3.63, 3.8) is 0 Å². The summed E-state index contributed by atoms with van der Waals surface area (Å²) in [6.07, 6.45) is 0. The van der Waals surface area contributed by atoms with E-state index in [1.807, 2.05) is 24.3 Å². The van der Waals surface area contributed by atoms with E-state index in [4.69, 9.17) is 6.85 Å². The highest BCUT2D eigenvalue weighted by molar-refractivity contribution is 6.07. The van der Waals surface area contributed by atoms with Crippen molar-refractivity contribution in [1.82, 2.24) is 0 Å². The van der Waals surface area contributed by atoms with Crippen LogP contribution in [0.4, 0.5) is 34.1 Å². The summed E-state index contributed by atoms with van der Waals surface area (Å²) in [5.74, 6) is 0. The second kappa shape index (κ2) is 25.0. The van der Waals surface area contributed by atoms with Crippen molar-refractivity contribution in [2.75, 3.05) is 9.80 Å². The third-order valence-electron chi connectivity index (χ3n) is 26.5. The van der Waals surface area contributed by atoms with Crippen LogP contribution in [-0.2, 0) is 21.7 Å². The predicted molar refractivity (Wildman–Crippen MR) is 481 cm³/mol. The largest absolute Gasteiger partial charge is 0.310 e. The van der Waals surface area contributed by atoms with E-state index in [1.165, 1.54) is 172 Å². The van der Waals surface area contributed by atoms with Crippen molar-refractivity contribution in [3.8, 4) is 89.0 Å². The fourth-order valence-electron chi connectivity index (χ4n) is 21.4. The molecule has 0 aliphatic heterocycles. The van der Waals surface area contributed by atoms with Gasteiger partial charge >= 0.3 is 0 Å². The van der Waals surface area contributed by atoms with Crippen LogP contribution in [0.5, 0.6) is 0 Å². The highest BCUT2D eigenvalue weighted by Gasteiger charge is 2.55. The predicted octanol–water partition coefficient (Wildman–Crippen LogP) is 29.6. The summed E-state index contributed by atoms with van der Waals surface area (Å²) >= 11 is 0. The zero-order valence-corrected chi connectivity index (χ0v) is 64.5. The van der Waals surface area contributed by atoms with Crippen molar-refractivity contribution in [1.29, 1.82) is 0 Å². The topological polar surface area (TPSA) is 6.48 Å². The molecule has 0 unspecified atom stereocenters. The molecule has 0 saturated heterocycles. The van der Waals surface area contributed by atoms with E-state index in [9.17, 15) is 0 Å². The third-order valence-corrected chi connectivity index (χ3v) is 26.5. The van der Waals surface area contributed by atoms with Crippen molar-refractivity contribution in [3.05, 3.63) is 467 Å². The van der Waals surface area contributed by atoms with Gasteiger partial charge in [-0.3, -0.25) is 0 Å². The van der Waals surface area contributed by atoms with Gasteiger partial charge in [0.1, 0.15) is 0 Å². The van der Waals surface area contributed by atoms with Crippen LogP contribution in [0, 0.1) is 6.92 Å². The zero-order chi connectivity index (χ0) is 81.0. The van der Waals surface area contributed by atoms with Gasteiger partial charge in [0, 0.05) is 45.0 Å². The standard InChI is InChI=1S/C57H41N.C56H39N/c1-36-20-22-37(23-21-36)38-24-27-40(28-25-38)58(41-29-32-47-44-14-6-9-17-50(44)56(2,3)53(47)34-41)42-30-33-48-49-31-26-39-12-4-5-13-43(39)55(49)57(54(48)35-42)51-18-10-7-15-45(51)46-16-8-11-19-52(46)57;1-55(2)49-21-11-8-18-43(49)46-32-29-40(34-52(46)55)57(39-27-24-37(25-28-39)36-14-4-3-5-15-36)41-30-33-47-48-31-26-38-16-6-7-17-42(38)54(48)56(53(47)35-41)50-22-12-9-19-44(50)45-20-10-13-23-51(45)56/h4-35H,1-3H3;3-35H,1-2H3/i;3D,4D,5D,14D,15D. The maximum atomic E-state index is 8.72. The van der Waals surface area contributed by atoms with E-state index in [-0.39, 0.29) is 40.6 Å². The molecule has 0 heterocycles. The van der Waals surface area contributed by atoms with E-state index >= 15 is 0 Å². The quantitative estimate of drug-likeness (QED) is 0.150. The average Bonchev–Trinajstić information content (AvgIpc) is 1.50. The van der Waals surface area contributed by atoms with Crippen LogP contribution in [0.25, 0.3) is 111 Å². The minimum atomic E-state index is -0.577. The molecule has 24 rings (SSSR count). The Labute approximate surface area is 679 Å². The van der Waals surface area contributed by atoms with Crippen LogP contribution in [0.1, 0.15) is 107 Å². The lowest BCUT2D eigenvalue weighted by molar-refractivity contribution is 0.660. The molecule has 115 heavy (non-hydrogen) atoms. The SMILES string of the molecule is Cc1ccc(-c2ccc(N(c3ccc4c(c3)C(C)(C)c3ccccc3-4)c3ccc4c(c3)C3(c5ccccc5-c5ccccc53)c3c-4ccc4ccccc34)cc2)cc1.[2H]c1c([2H])c([2H])c(-c2ccc(N(c3ccc4c(c3)C(C)(C)c3ccccc3-4)c3ccc4c(c3)C3(c5ccccc5-c5ccccc53)c3c-4ccc4ccccc34)cc2)c([2H])c1[2H]. The summed E-state index contributed by atoms with van der Waals surface area (Å²) in [6, 6.07) is 133. The Kier molecular flexibility index (Phi) is 13.4. The Morgan fingerprint density at radius 1 is 0.217 bits per heavy atom. The molecular formula is C113H80N2. The second-order valence-electron chi connectivity index (χ2n) is 33.0. The Bertz CT molecular complexity index is 7320. The van der Waals surface area contributed by atoms with Gasteiger partial charge in [-0.2, -0.15) is 0 Å². The van der Waals surface area contributed by atoms with E-state index in [0.717, 1.165) is 34.1 Å². The van der Waals surface area contributed by atoms with Crippen molar-refractivity contribution >= 4 is 55.7 Å². The Morgan fingerprint density at radius 2 is 0.487 bits per heavy atom. The first-order valence-corrected chi connectivity index (χ1v) is 40.2. The molecule has 0 amide bonds. The van der Waals surface area contributed by atoms with Crippen LogP contribution < -0.4 is 9.80 Å². The Morgan fingerprint density at radius 3 is 0.861 bits per heavy atom. The lowest BCUT2D eigenvalue weighted by Crippen LogP contribution is -2.26. The van der Waals surface area contributed by atoms with Gasteiger partial charge in [0.2, 0.25) is 0 Å². The van der Waals surface area contributed by atoms with Crippen molar-refractivity contribution in [2.45, 2.75) is 56.3 Å². The van der Waals surface area contributed by atoms with Crippen molar-refractivity contribution < 1.29 is 6.85 Å². The van der Waals surface area contributed by atoms with E-state index in [0.29, 0.717) is 5.56 Å². The van der Waals surface area contributed by atoms with Gasteiger partial charge in [-0.15, -0.1) is 0 Å². The van der Waals surface area contributed by atoms with Crippen LogP contribution in [0.3, 0.4) is 0 Å². The van der Waals surface area contributed by atoms with Gasteiger partial charge in [0.05, 0.1) is 17.7 Å². The van der Waals surface area contributed by atoms with Crippen LogP contribution in [0.15, 0.2) is 394 Å². The maximum Gasteiger partial charge on any atom is 0.0732 e. The number of hydrogen-bond donors (Lipinski definition) is 0. The highest BCUT2D eigenvalue weighted by atomic mass is 15.1. The van der Waals surface area contributed by atoms with Gasteiger partial charge in [0.15, 0.2) is 0 Å². The number of nitrogens with zero attached hydrogens (tertiary/aromatic N) is 2. The molecule has 0 radical (unpaired) electrons. The van der Waals surface area contributed by atoms with Gasteiger partial charge in [-0.1, -0.05) is 355 Å². The molecule has 0 N–H and O–H groups in total. The molecule has 2 nitrogen and oxygen atoms in total. The minimum absolute atomic E-state index is 0.120. The number of fused-ring (bicyclic) bond motifs is 30. The first-order valence-electron chi connectivity index (χ1n) is 42.7. The van der Waals surface area contributed by atoms with Crippen molar-refractivity contribution in [2.24, 2.45) is 0 Å². The molecule has 0 aromatic heterocycles. The Balaban J connectivity index is 0.000000140. The van der Waals surface area contributed by atoms with Crippen LogP contribution in [-0.4, -0.2) is 0 Å². The molecule has 18 aromatic rings. The average molecular weight is 1470 g/mol. The van der Waals surface area contributed by atoms with Gasteiger partial charge < -0.3 is 9.80 Å². The van der Waals surface area contributed by atoms with Gasteiger partial charge in [-0.25, -0.2) is 0 Å². The Hall–Kier alpha value is -13.9. The van der Waals surface area contributed by atoms with Crippen LogP contribution in [0.2, 0.25) is 0 Å². The fourth-order valence-corrected chi connectivity index (χ4v) is 21.4. The maximum absolute atomic E-state index is 8.72. The molecule has 0 saturated carbocycles. The first kappa shape index (κ1) is 61.7. The monoisotopic (exact) mass is 1470 g/mol. The molecule has 542 valence electrons. The van der Waals surface area contributed by atoms with Crippen LogP contribution >= 0.6 is 0 Å². The molecule has 6 aliphatic rings. The molecule has 0 bridgehead atoms. The molecular weight excluding hydrogens is 1390 g/mol. The lowest BCUT2D eigenvalue weighted by Gasteiger charge is -2.33.